The van der Waals surface area contributed by atoms with Crippen LogP contribution in [0.25, 0.3) is 22.9 Å². The van der Waals surface area contributed by atoms with E-state index in [1.165, 1.54) is 31.8 Å². The Balaban J connectivity index is 0.943. The van der Waals surface area contributed by atoms with E-state index in [-0.39, 0.29) is 0 Å². The molecule has 0 aliphatic carbocycles. The summed E-state index contributed by atoms with van der Waals surface area (Å²) in [7, 11) is -2.77. The van der Waals surface area contributed by atoms with Crippen molar-refractivity contribution in [2.45, 2.75) is 38.0 Å². The van der Waals surface area contributed by atoms with Gasteiger partial charge in [0.25, 0.3) is 0 Å². The van der Waals surface area contributed by atoms with Crippen molar-refractivity contribution in [2.75, 3.05) is 20.3 Å². The average Bonchev–Trinajstić information content (AvgIpc) is 3.98. The molecule has 0 radical (unpaired) electrons. The van der Waals surface area contributed by atoms with E-state index in [0.717, 1.165) is 77.5 Å². The zero-order valence-corrected chi connectivity index (χ0v) is 43.0. The first-order valence-corrected chi connectivity index (χ1v) is 29.1. The summed E-state index contributed by atoms with van der Waals surface area (Å²) in [4.78, 5) is 0. The molecular weight excluding hydrogens is 935 g/mol. The first-order valence-electron chi connectivity index (χ1n) is 25.2. The van der Waals surface area contributed by atoms with Crippen LogP contribution in [0.2, 0.25) is 0 Å². The normalized spacial score (nSPS) is 11.5. The van der Waals surface area contributed by atoms with Crippen LogP contribution in [-0.2, 0) is 12.3 Å². The fourth-order valence-electron chi connectivity index (χ4n) is 9.95. The molecule has 0 bridgehead atoms. The fourth-order valence-corrected chi connectivity index (χ4v) is 18.4. The summed E-state index contributed by atoms with van der Waals surface area (Å²) in [6.07, 6.45) is 5.36. The molecule has 10 rings (SSSR count). The first kappa shape index (κ1) is 49.0. The zero-order valence-electron chi connectivity index (χ0n) is 41.3. The van der Waals surface area contributed by atoms with E-state index >= 15 is 0 Å². The Morgan fingerprint density at radius 3 is 1.14 bits per heavy atom. The average molecular weight is 995 g/mol. The van der Waals surface area contributed by atoms with Gasteiger partial charge in [-0.05, 0) is 141 Å². The van der Waals surface area contributed by atoms with E-state index in [9.17, 15) is 0 Å². The Morgan fingerprint density at radius 1 is 0.356 bits per heavy atom. The zero-order chi connectivity index (χ0) is 49.6. The van der Waals surface area contributed by atoms with Gasteiger partial charge in [-0.25, -0.2) is 0 Å². The summed E-state index contributed by atoms with van der Waals surface area (Å²) in [5.41, 5.74) is 3.99. The SMILES string of the molecule is COc1cc(C[P+](c2ccccc2)(c2ccccc2)c2ccccc2)c(OCCCCCCOc2cccc(-c3nnc(-c4ccccc4)o3)c2)cc1C[P+](c1ccccc1)(c1ccccc1)c1ccccc1. The number of benzene rings is 9. The van der Waals surface area contributed by atoms with Gasteiger partial charge >= 0.3 is 0 Å². The minimum Gasteiger partial charge on any atom is -0.496 e. The third-order valence-electron chi connectivity index (χ3n) is 13.6. The van der Waals surface area contributed by atoms with Gasteiger partial charge in [-0.2, -0.15) is 0 Å². The molecule has 0 atom stereocenters. The Bertz CT molecular complexity index is 3080. The topological polar surface area (TPSA) is 66.6 Å². The number of rotatable bonds is 22. The van der Waals surface area contributed by atoms with Crippen molar-refractivity contribution in [3.05, 3.63) is 260 Å². The summed E-state index contributed by atoms with van der Waals surface area (Å²) < 4.78 is 26.0. The minimum absolute atomic E-state index is 0.466. The largest absolute Gasteiger partial charge is 0.496 e. The predicted molar refractivity (Wildman–Crippen MR) is 305 cm³/mol. The maximum atomic E-state index is 7.15. The van der Waals surface area contributed by atoms with Crippen LogP contribution in [0.15, 0.2) is 253 Å². The number of aromatic nitrogens is 2. The van der Waals surface area contributed by atoms with Crippen LogP contribution in [0.5, 0.6) is 17.2 Å². The molecule has 9 aromatic carbocycles. The molecule has 0 fully saturated rings. The second kappa shape index (κ2) is 23.7. The summed E-state index contributed by atoms with van der Waals surface area (Å²) in [5.74, 6) is 3.53. The van der Waals surface area contributed by atoms with Crippen LogP contribution in [-0.4, -0.2) is 30.5 Å². The van der Waals surface area contributed by atoms with E-state index in [4.69, 9.17) is 18.6 Å². The van der Waals surface area contributed by atoms with Crippen LogP contribution in [0.4, 0.5) is 0 Å². The van der Waals surface area contributed by atoms with Crippen molar-refractivity contribution < 1.29 is 18.6 Å². The summed E-state index contributed by atoms with van der Waals surface area (Å²) >= 11 is 0. The maximum absolute atomic E-state index is 7.15. The molecule has 8 heteroatoms. The van der Waals surface area contributed by atoms with Crippen molar-refractivity contribution in [3.8, 4) is 40.2 Å². The summed E-state index contributed by atoms with van der Waals surface area (Å²) in [6.45, 7) is 1.19. The Hall–Kier alpha value is -7.62. The highest BCUT2D eigenvalue weighted by atomic mass is 31.2. The molecule has 0 N–H and O–H groups in total. The van der Waals surface area contributed by atoms with Gasteiger partial charge < -0.3 is 18.6 Å². The molecule has 0 saturated carbocycles. The minimum atomic E-state index is -2.30. The molecule has 0 spiro atoms. The number of nitrogens with zero attached hydrogens (tertiary/aromatic N) is 2. The molecule has 6 nitrogen and oxygen atoms in total. The predicted octanol–water partition coefficient (Wildman–Crippen LogP) is 13.4. The van der Waals surface area contributed by atoms with E-state index in [1.54, 1.807) is 0 Å². The molecule has 0 unspecified atom stereocenters. The second-order valence-electron chi connectivity index (χ2n) is 18.1. The molecular formula is C65H60N2O4P2+2. The van der Waals surface area contributed by atoms with Crippen molar-refractivity contribution in [2.24, 2.45) is 0 Å². The van der Waals surface area contributed by atoms with Gasteiger partial charge in [-0.1, -0.05) is 133 Å². The van der Waals surface area contributed by atoms with E-state index in [2.05, 4.69) is 204 Å². The van der Waals surface area contributed by atoms with Crippen LogP contribution < -0.4 is 46.0 Å². The third kappa shape index (κ3) is 11.1. The third-order valence-corrected chi connectivity index (χ3v) is 22.3. The van der Waals surface area contributed by atoms with Gasteiger partial charge in [0.05, 0.1) is 20.3 Å². The number of methoxy groups -OCH3 is 1. The van der Waals surface area contributed by atoms with Crippen LogP contribution >= 0.6 is 14.5 Å². The van der Waals surface area contributed by atoms with Gasteiger partial charge in [0.2, 0.25) is 11.8 Å². The lowest BCUT2D eigenvalue weighted by molar-refractivity contribution is 0.286. The van der Waals surface area contributed by atoms with Crippen molar-refractivity contribution in [3.63, 3.8) is 0 Å². The monoisotopic (exact) mass is 994 g/mol. The standard InChI is InChI=1S/C65H60N2O4P2/c1-68-62-47-54(50-73(59-38-19-8-20-39-59,60-40-21-9-22-41-60)61-42-23-10-24-43-61)63(48-53(62)49-72(56-32-13-5-14-33-56,57-34-15-6-16-35-57)58-36-17-7-18-37-58)70-45-26-3-2-25-44-69-55-31-27-30-52(46-55)65-67-66-64(71-65)51-28-11-4-12-29-51/h4-24,27-43,46-48H,2-3,25-26,44-45,49-50H2,1H3/q+2. The summed E-state index contributed by atoms with van der Waals surface area (Å²) in [6, 6.07) is 88.8. The van der Waals surface area contributed by atoms with Gasteiger partial charge in [-0.15, -0.1) is 10.2 Å². The molecule has 1 aromatic heterocycles. The van der Waals surface area contributed by atoms with Gasteiger partial charge in [0, 0.05) is 22.3 Å². The van der Waals surface area contributed by atoms with Crippen LogP contribution in [0.3, 0.4) is 0 Å². The van der Waals surface area contributed by atoms with Gasteiger partial charge in [-0.3, -0.25) is 0 Å². The lowest BCUT2D eigenvalue weighted by Crippen LogP contribution is -2.33. The molecule has 73 heavy (non-hydrogen) atoms. The number of hydrogen-bond acceptors (Lipinski definition) is 6. The van der Waals surface area contributed by atoms with E-state index < -0.39 is 14.5 Å². The van der Waals surface area contributed by atoms with Crippen LogP contribution in [0, 0.1) is 0 Å². The maximum Gasteiger partial charge on any atom is 0.248 e. The lowest BCUT2D eigenvalue weighted by Gasteiger charge is -2.30. The molecule has 0 aliphatic rings. The number of ether oxygens (including phenoxy) is 3. The van der Waals surface area contributed by atoms with Crippen molar-refractivity contribution in [1.29, 1.82) is 0 Å². The first-order chi connectivity index (χ1) is 36.1. The molecule has 362 valence electrons. The Kier molecular flexibility index (Phi) is 15.9. The fraction of sp³-hybridized carbons (Fsp3) is 0.138. The van der Waals surface area contributed by atoms with Gasteiger partial charge in [0.1, 0.15) is 75.9 Å². The highest BCUT2D eigenvalue weighted by Crippen LogP contribution is 2.62. The summed E-state index contributed by atoms with van der Waals surface area (Å²) in [5, 5.41) is 16.5. The molecule has 0 saturated heterocycles. The van der Waals surface area contributed by atoms with Gasteiger partial charge in [0.15, 0.2) is 0 Å². The quantitative estimate of drug-likeness (QED) is 0.0498. The Morgan fingerprint density at radius 2 is 0.712 bits per heavy atom. The smallest absolute Gasteiger partial charge is 0.248 e. The highest BCUT2D eigenvalue weighted by molar-refractivity contribution is 7.95. The molecule has 0 aliphatic heterocycles. The van der Waals surface area contributed by atoms with E-state index in [0.29, 0.717) is 25.0 Å². The lowest BCUT2D eigenvalue weighted by atomic mass is 10.1. The molecule has 10 aromatic rings. The second-order valence-corrected chi connectivity index (χ2v) is 25.1. The van der Waals surface area contributed by atoms with Crippen molar-refractivity contribution >= 4 is 46.4 Å². The number of unbranched alkanes of at least 4 members (excludes halogenated alkanes) is 3. The Labute approximate surface area is 431 Å². The van der Waals surface area contributed by atoms with E-state index in [1.807, 2.05) is 61.7 Å². The van der Waals surface area contributed by atoms with Crippen LogP contribution in [0.1, 0.15) is 36.8 Å². The molecule has 0 amide bonds. The molecule has 1 heterocycles. The van der Waals surface area contributed by atoms with Crippen molar-refractivity contribution in [1.82, 2.24) is 10.2 Å². The number of hydrogen-bond donors (Lipinski definition) is 0. The highest BCUT2D eigenvalue weighted by Gasteiger charge is 2.48.